The van der Waals surface area contributed by atoms with Crippen molar-refractivity contribution in [1.29, 1.82) is 0 Å². The summed E-state index contributed by atoms with van der Waals surface area (Å²) in [6.45, 7) is 8.27. The second-order valence-corrected chi connectivity index (χ2v) is 5.63. The third-order valence-electron chi connectivity index (χ3n) is 3.10. The Balaban J connectivity index is 2.96. The molecule has 1 fully saturated rings. The van der Waals surface area contributed by atoms with Crippen LogP contribution in [-0.4, -0.2) is 23.9 Å². The van der Waals surface area contributed by atoms with E-state index in [9.17, 15) is 9.59 Å². The highest BCUT2D eigenvalue weighted by molar-refractivity contribution is 6.22. The zero-order chi connectivity index (χ0) is 13.8. The lowest BCUT2D eigenvalue weighted by Gasteiger charge is -2.33. The van der Waals surface area contributed by atoms with Crippen molar-refractivity contribution >= 4 is 17.3 Å². The second-order valence-electron chi connectivity index (χ2n) is 5.63. The summed E-state index contributed by atoms with van der Waals surface area (Å²) in [7, 11) is 0. The lowest BCUT2D eigenvalue weighted by atomic mass is 9.69. The average Bonchev–Trinajstić information content (AvgIpc) is 2.24. The number of oxime groups is 1. The summed E-state index contributed by atoms with van der Waals surface area (Å²) in [6, 6.07) is 0. The van der Waals surface area contributed by atoms with Gasteiger partial charge in [-0.25, -0.2) is 0 Å². The van der Waals surface area contributed by atoms with E-state index in [-0.39, 0.29) is 17.0 Å². The fourth-order valence-electron chi connectivity index (χ4n) is 2.40. The van der Waals surface area contributed by atoms with E-state index in [2.05, 4.69) is 5.16 Å². The fourth-order valence-corrected chi connectivity index (χ4v) is 2.40. The van der Waals surface area contributed by atoms with Gasteiger partial charge >= 0.3 is 0 Å². The van der Waals surface area contributed by atoms with Crippen molar-refractivity contribution in [1.82, 2.24) is 0 Å². The topological polar surface area (TPSA) is 55.7 Å². The van der Waals surface area contributed by atoms with Crippen molar-refractivity contribution in [3.8, 4) is 0 Å². The van der Waals surface area contributed by atoms with Gasteiger partial charge in [-0.15, -0.1) is 0 Å². The van der Waals surface area contributed by atoms with E-state index in [1.165, 1.54) is 0 Å². The minimum Gasteiger partial charge on any atom is -0.396 e. The Morgan fingerprint density at radius 3 is 2.61 bits per heavy atom. The number of carbonyl (C=O) groups excluding carboxylic acids is 2. The van der Waals surface area contributed by atoms with Crippen LogP contribution in [0.3, 0.4) is 0 Å². The van der Waals surface area contributed by atoms with Crippen molar-refractivity contribution in [2.24, 2.45) is 16.5 Å². The van der Waals surface area contributed by atoms with Gasteiger partial charge < -0.3 is 4.84 Å². The average molecular weight is 253 g/mol. The first-order valence-electron chi connectivity index (χ1n) is 6.65. The largest absolute Gasteiger partial charge is 0.396 e. The van der Waals surface area contributed by atoms with Crippen LogP contribution in [0, 0.1) is 11.3 Å². The van der Waals surface area contributed by atoms with Crippen molar-refractivity contribution < 1.29 is 14.4 Å². The maximum atomic E-state index is 12.1. The number of rotatable bonds is 5. The third-order valence-corrected chi connectivity index (χ3v) is 3.10. The van der Waals surface area contributed by atoms with Crippen LogP contribution in [0.4, 0.5) is 0 Å². The Bertz CT molecular complexity index is 358. The van der Waals surface area contributed by atoms with Crippen LogP contribution in [0.15, 0.2) is 5.16 Å². The number of hydrogen-bond acceptors (Lipinski definition) is 4. The molecule has 0 heterocycles. The molecule has 0 unspecified atom stereocenters. The summed E-state index contributed by atoms with van der Waals surface area (Å²) >= 11 is 0. The van der Waals surface area contributed by atoms with Gasteiger partial charge in [0.05, 0.1) is 5.71 Å². The molecule has 0 aliphatic heterocycles. The van der Waals surface area contributed by atoms with Gasteiger partial charge in [-0.2, -0.15) is 0 Å². The molecule has 0 amide bonds. The Labute approximate surface area is 109 Å². The summed E-state index contributed by atoms with van der Waals surface area (Å²) in [6.07, 6.45) is 2.28. The molecule has 0 N–H and O–H groups in total. The maximum Gasteiger partial charge on any atom is 0.149 e. The van der Waals surface area contributed by atoms with E-state index in [0.29, 0.717) is 31.6 Å². The van der Waals surface area contributed by atoms with Crippen LogP contribution < -0.4 is 0 Å². The number of ketones is 2. The van der Waals surface area contributed by atoms with Gasteiger partial charge in [-0.05, 0) is 25.2 Å². The molecule has 18 heavy (non-hydrogen) atoms. The van der Waals surface area contributed by atoms with E-state index in [1.807, 2.05) is 27.7 Å². The Morgan fingerprint density at radius 2 is 2.06 bits per heavy atom. The van der Waals surface area contributed by atoms with Gasteiger partial charge in [0.15, 0.2) is 0 Å². The van der Waals surface area contributed by atoms with Crippen LogP contribution in [0.2, 0.25) is 0 Å². The van der Waals surface area contributed by atoms with E-state index in [4.69, 9.17) is 4.84 Å². The second kappa shape index (κ2) is 6.12. The molecule has 1 aliphatic carbocycles. The Kier molecular flexibility index (Phi) is 5.05. The van der Waals surface area contributed by atoms with Crippen molar-refractivity contribution in [2.75, 3.05) is 6.61 Å². The monoisotopic (exact) mass is 253 g/mol. The fraction of sp³-hybridized carbons (Fsp3) is 0.786. The third kappa shape index (κ3) is 3.65. The van der Waals surface area contributed by atoms with Crippen LogP contribution in [0.5, 0.6) is 0 Å². The highest BCUT2D eigenvalue weighted by Crippen LogP contribution is 2.35. The summed E-state index contributed by atoms with van der Waals surface area (Å²) in [4.78, 5) is 29.2. The molecule has 0 radical (unpaired) electrons. The summed E-state index contributed by atoms with van der Waals surface area (Å²) in [5, 5.41) is 4.01. The van der Waals surface area contributed by atoms with Gasteiger partial charge in [0.2, 0.25) is 0 Å². The molecule has 0 spiro atoms. The van der Waals surface area contributed by atoms with Crippen molar-refractivity contribution in [3.63, 3.8) is 0 Å². The molecular formula is C14H23NO3. The first-order valence-corrected chi connectivity index (χ1v) is 6.65. The highest BCUT2D eigenvalue weighted by atomic mass is 16.6. The van der Waals surface area contributed by atoms with E-state index >= 15 is 0 Å². The quantitative estimate of drug-likeness (QED) is 0.559. The van der Waals surface area contributed by atoms with Crippen LogP contribution in [0.1, 0.15) is 53.4 Å². The molecular weight excluding hydrogens is 230 g/mol. The minimum absolute atomic E-state index is 0.0110. The number of hydrogen-bond donors (Lipinski definition) is 0. The number of Topliss-reactive ketones (excluding diaryl/α,β-unsaturated/α-hetero) is 2. The summed E-state index contributed by atoms with van der Waals surface area (Å²) in [5.74, 6) is -0.691. The zero-order valence-electron chi connectivity index (χ0n) is 11.8. The molecule has 0 aromatic carbocycles. The normalized spacial score (nSPS) is 25.2. The highest BCUT2D eigenvalue weighted by Gasteiger charge is 2.41. The first-order chi connectivity index (χ1) is 8.41. The maximum absolute atomic E-state index is 12.1. The van der Waals surface area contributed by atoms with E-state index < -0.39 is 5.92 Å². The van der Waals surface area contributed by atoms with Gasteiger partial charge in [0.1, 0.15) is 24.1 Å². The molecule has 4 heteroatoms. The van der Waals surface area contributed by atoms with E-state index in [1.54, 1.807) is 0 Å². The molecule has 1 atom stereocenters. The Morgan fingerprint density at radius 1 is 1.39 bits per heavy atom. The predicted molar refractivity (Wildman–Crippen MR) is 70.5 cm³/mol. The van der Waals surface area contributed by atoms with Crippen molar-refractivity contribution in [2.45, 2.75) is 53.4 Å². The van der Waals surface area contributed by atoms with Gasteiger partial charge in [-0.1, -0.05) is 25.9 Å². The summed E-state index contributed by atoms with van der Waals surface area (Å²) < 4.78 is 0. The van der Waals surface area contributed by atoms with Crippen LogP contribution in [-0.2, 0) is 14.4 Å². The SMILES string of the molecule is CCCC(=O)[C@H]1C(=O)CC(C)(C)C/C1=N/OCC. The van der Waals surface area contributed by atoms with Crippen LogP contribution in [0.25, 0.3) is 0 Å². The van der Waals surface area contributed by atoms with Gasteiger partial charge in [-0.3, -0.25) is 9.59 Å². The number of carbonyl (C=O) groups is 2. The molecule has 4 nitrogen and oxygen atoms in total. The lowest BCUT2D eigenvalue weighted by molar-refractivity contribution is -0.132. The zero-order valence-corrected chi connectivity index (χ0v) is 11.8. The molecule has 0 bridgehead atoms. The molecule has 1 aliphatic rings. The standard InChI is InChI=1S/C14H23NO3/c1-5-7-11(16)13-10(15-18-6-2)8-14(3,4)9-12(13)17/h13H,5-9H2,1-4H3/b15-10-/t13-/m0/s1. The number of nitrogens with zero attached hydrogens (tertiary/aromatic N) is 1. The molecule has 1 saturated carbocycles. The van der Waals surface area contributed by atoms with Crippen molar-refractivity contribution in [3.05, 3.63) is 0 Å². The lowest BCUT2D eigenvalue weighted by Crippen LogP contribution is -2.42. The van der Waals surface area contributed by atoms with Crippen LogP contribution >= 0.6 is 0 Å². The molecule has 0 aromatic rings. The smallest absolute Gasteiger partial charge is 0.149 e. The molecule has 0 aromatic heterocycles. The Hall–Kier alpha value is -1.19. The molecule has 0 saturated heterocycles. The van der Waals surface area contributed by atoms with Gasteiger partial charge in [0, 0.05) is 12.8 Å². The van der Waals surface area contributed by atoms with E-state index in [0.717, 1.165) is 6.42 Å². The summed E-state index contributed by atoms with van der Waals surface area (Å²) in [5.41, 5.74) is 0.479. The molecule has 102 valence electrons. The predicted octanol–water partition coefficient (Wildman–Crippen LogP) is 2.75. The minimum atomic E-state index is -0.662. The van der Waals surface area contributed by atoms with Gasteiger partial charge in [0.25, 0.3) is 0 Å². The first kappa shape index (κ1) is 14.9. The molecule has 1 rings (SSSR count).